The van der Waals surface area contributed by atoms with Crippen LogP contribution in [0.2, 0.25) is 0 Å². The number of halogens is 2. The summed E-state index contributed by atoms with van der Waals surface area (Å²) in [4.78, 5) is 0. The van der Waals surface area contributed by atoms with E-state index < -0.39 is 0 Å². The molecule has 0 aromatic heterocycles. The molecule has 4 aliphatic rings. The van der Waals surface area contributed by atoms with Crippen LogP contribution in [0.15, 0.2) is 11.6 Å². The van der Waals surface area contributed by atoms with E-state index in [0.717, 1.165) is 42.2 Å². The minimum Gasteiger partial charge on any atom is -0.393 e. The fourth-order valence-electron chi connectivity index (χ4n) is 8.22. The molecule has 1 N–H and O–H groups in total. The van der Waals surface area contributed by atoms with Crippen molar-refractivity contribution in [2.24, 2.45) is 34.5 Å². The van der Waals surface area contributed by atoms with Crippen molar-refractivity contribution in [2.45, 2.75) is 117 Å². The lowest BCUT2D eigenvalue weighted by Gasteiger charge is -2.58. The molecule has 31 heavy (non-hydrogen) atoms. The number of hydrogen-bond donors (Lipinski definition) is 1. The molecule has 0 bridgehead atoms. The highest BCUT2D eigenvalue weighted by atomic mass is 127. The smallest absolute Gasteiger partial charge is 0.0577 e. The molecule has 0 aromatic carbocycles. The SMILES string of the molecule is C.CC(CCCCC1CCC2C3CC=C4CC(O)CCC4(C)C3CCC12C)P(I)SCl. The van der Waals surface area contributed by atoms with Crippen LogP contribution in [0.3, 0.4) is 0 Å². The van der Waals surface area contributed by atoms with Gasteiger partial charge in [-0.05, 0) is 148 Å². The van der Waals surface area contributed by atoms with E-state index >= 15 is 0 Å². The Hall–Kier alpha value is 1.50. The van der Waals surface area contributed by atoms with Gasteiger partial charge in [-0.1, -0.05) is 52.7 Å². The predicted octanol–water partition coefficient (Wildman–Crippen LogP) is 10.1. The molecule has 4 aliphatic carbocycles. The molecule has 0 radical (unpaired) electrons. The van der Waals surface area contributed by atoms with E-state index in [1.54, 1.807) is 16.2 Å². The average molecular weight is 599 g/mol. The monoisotopic (exact) mass is 598 g/mol. The summed E-state index contributed by atoms with van der Waals surface area (Å²) in [6, 6.07) is 0. The number of rotatable bonds is 7. The van der Waals surface area contributed by atoms with Crippen LogP contribution in [-0.4, -0.2) is 16.9 Å². The van der Waals surface area contributed by atoms with Crippen molar-refractivity contribution >= 4 is 48.1 Å². The molecule has 9 atom stereocenters. The first-order valence-corrected chi connectivity index (χ1v) is 18.8. The second kappa shape index (κ2) is 11.0. The molecule has 3 saturated carbocycles. The van der Waals surface area contributed by atoms with E-state index in [0.29, 0.717) is 10.8 Å². The van der Waals surface area contributed by atoms with Gasteiger partial charge in [0.2, 0.25) is 0 Å². The zero-order valence-corrected chi connectivity index (χ0v) is 23.7. The highest BCUT2D eigenvalue weighted by Crippen LogP contribution is 2.67. The summed E-state index contributed by atoms with van der Waals surface area (Å²) < 4.78 is -0.0814. The number of aliphatic hydroxyl groups excluding tert-OH is 1. The Bertz CT molecular complexity index is 647. The highest BCUT2D eigenvalue weighted by Gasteiger charge is 2.58. The van der Waals surface area contributed by atoms with Crippen LogP contribution in [0.4, 0.5) is 0 Å². The maximum Gasteiger partial charge on any atom is 0.0577 e. The van der Waals surface area contributed by atoms with Gasteiger partial charge in [0.25, 0.3) is 0 Å². The first-order valence-electron chi connectivity index (χ1n) is 12.4. The molecule has 0 aromatic rings. The summed E-state index contributed by atoms with van der Waals surface area (Å²) in [5, 5.41) is 10.2. The third kappa shape index (κ3) is 5.22. The van der Waals surface area contributed by atoms with Gasteiger partial charge in [0.05, 0.1) is 6.10 Å². The van der Waals surface area contributed by atoms with Gasteiger partial charge in [-0.3, -0.25) is 0 Å². The average Bonchev–Trinajstić information content (AvgIpc) is 3.07. The number of fused-ring (bicyclic) bond motifs is 5. The van der Waals surface area contributed by atoms with Crippen molar-refractivity contribution < 1.29 is 5.11 Å². The minimum atomic E-state index is -0.0833. The standard InChI is InChI=1S/C25H41ClIOPS.CH4/c1-17(29(27)30-26)6-4-5-7-18-9-11-22-21-10-8-19-16-20(28)12-14-25(19,3)23(21)13-15-24(18,22)2;/h8,17-18,20-23,28H,4-7,9-16H2,1-3H3;1H4. The number of hydrogen-bond acceptors (Lipinski definition) is 2. The van der Waals surface area contributed by atoms with Crippen LogP contribution in [0.1, 0.15) is 105 Å². The summed E-state index contributed by atoms with van der Waals surface area (Å²) in [6.45, 7) is 7.62. The Morgan fingerprint density at radius 1 is 1.19 bits per heavy atom. The second-order valence-corrected chi connectivity index (χ2v) is 20.9. The van der Waals surface area contributed by atoms with Crippen LogP contribution in [-0.2, 0) is 0 Å². The molecule has 0 saturated heterocycles. The lowest BCUT2D eigenvalue weighted by atomic mass is 9.47. The maximum atomic E-state index is 10.2. The minimum absolute atomic E-state index is 0. The molecule has 3 fully saturated rings. The lowest BCUT2D eigenvalue weighted by molar-refractivity contribution is -0.0508. The molecule has 0 amide bonds. The van der Waals surface area contributed by atoms with Gasteiger partial charge < -0.3 is 5.11 Å². The van der Waals surface area contributed by atoms with Gasteiger partial charge in [0.15, 0.2) is 0 Å². The van der Waals surface area contributed by atoms with Crippen molar-refractivity contribution in [1.29, 1.82) is 0 Å². The number of unbranched alkanes of at least 4 members (excludes halogenated alkanes) is 1. The maximum absolute atomic E-state index is 10.2. The van der Waals surface area contributed by atoms with E-state index in [9.17, 15) is 5.11 Å². The normalized spacial score (nSPS) is 43.7. The Morgan fingerprint density at radius 2 is 1.97 bits per heavy atom. The molecule has 0 heterocycles. The summed E-state index contributed by atoms with van der Waals surface area (Å²) >= 11 is 2.56. The first-order chi connectivity index (χ1) is 14.3. The molecule has 0 aliphatic heterocycles. The third-order valence-electron chi connectivity index (χ3n) is 10.1. The van der Waals surface area contributed by atoms with Crippen LogP contribution >= 0.6 is 48.1 Å². The third-order valence-corrected chi connectivity index (χ3v) is 20.7. The lowest BCUT2D eigenvalue weighted by Crippen LogP contribution is -2.50. The van der Waals surface area contributed by atoms with E-state index in [4.69, 9.17) is 10.7 Å². The van der Waals surface area contributed by atoms with E-state index in [1.807, 2.05) is 0 Å². The molecule has 5 heteroatoms. The molecule has 4 rings (SSSR count). The van der Waals surface area contributed by atoms with Crippen molar-refractivity contribution in [1.82, 2.24) is 0 Å². The van der Waals surface area contributed by atoms with Crippen LogP contribution in [0, 0.1) is 34.5 Å². The van der Waals surface area contributed by atoms with Crippen molar-refractivity contribution in [3.05, 3.63) is 11.6 Å². The molecule has 1 nitrogen and oxygen atoms in total. The van der Waals surface area contributed by atoms with E-state index in [1.165, 1.54) is 64.2 Å². The van der Waals surface area contributed by atoms with E-state index in [-0.39, 0.29) is 18.3 Å². The quantitative estimate of drug-likeness (QED) is 0.136. The van der Waals surface area contributed by atoms with Gasteiger partial charge in [0, 0.05) is 4.77 Å². The van der Waals surface area contributed by atoms with Gasteiger partial charge >= 0.3 is 0 Å². The fraction of sp³-hybridized carbons (Fsp3) is 0.923. The molecular formula is C26H45ClIOPS. The van der Waals surface area contributed by atoms with E-state index in [2.05, 4.69) is 48.9 Å². The Labute approximate surface area is 215 Å². The highest BCUT2D eigenvalue weighted by molar-refractivity contribution is 14.2. The zero-order chi connectivity index (χ0) is 21.5. The molecule has 9 unspecified atom stereocenters. The predicted molar refractivity (Wildman–Crippen MR) is 150 cm³/mol. The van der Waals surface area contributed by atoms with Crippen molar-refractivity contribution in [3.63, 3.8) is 0 Å². The van der Waals surface area contributed by atoms with Gasteiger partial charge in [-0.2, -0.15) is 0 Å². The van der Waals surface area contributed by atoms with Crippen LogP contribution in [0.5, 0.6) is 0 Å². The fourth-order valence-corrected chi connectivity index (χ4v) is 11.5. The molecular weight excluding hydrogens is 554 g/mol. The Kier molecular flexibility index (Phi) is 9.66. The zero-order valence-electron chi connectivity index (χ0n) is 19.1. The van der Waals surface area contributed by atoms with Crippen molar-refractivity contribution in [3.8, 4) is 0 Å². The van der Waals surface area contributed by atoms with Gasteiger partial charge in [0.1, 0.15) is 0 Å². The van der Waals surface area contributed by atoms with Crippen molar-refractivity contribution in [2.75, 3.05) is 0 Å². The first kappa shape index (κ1) is 27.1. The summed E-state index contributed by atoms with van der Waals surface area (Å²) in [5.41, 5.74) is 3.36. The molecule has 180 valence electrons. The van der Waals surface area contributed by atoms with Crippen LogP contribution < -0.4 is 0 Å². The summed E-state index contributed by atoms with van der Waals surface area (Å²) in [7, 11) is 7.55. The number of aliphatic hydroxyl groups is 1. The topological polar surface area (TPSA) is 20.2 Å². The van der Waals surface area contributed by atoms with Crippen LogP contribution in [0.25, 0.3) is 0 Å². The Balaban J connectivity index is 0.00000272. The Morgan fingerprint density at radius 3 is 2.71 bits per heavy atom. The second-order valence-electron chi connectivity index (χ2n) is 11.4. The molecule has 0 spiro atoms. The largest absolute Gasteiger partial charge is 0.393 e. The summed E-state index contributed by atoms with van der Waals surface area (Å²) in [6.07, 6.45) is 18.4. The van der Waals surface area contributed by atoms with Gasteiger partial charge in [-0.15, -0.1) is 0 Å². The number of allylic oxidation sites excluding steroid dienone is 1. The van der Waals surface area contributed by atoms with Gasteiger partial charge in [-0.25, -0.2) is 0 Å². The summed E-state index contributed by atoms with van der Waals surface area (Å²) in [5.74, 6) is 3.67.